The molecule has 15 heavy (non-hydrogen) atoms. The van der Waals surface area contributed by atoms with E-state index in [4.69, 9.17) is 5.73 Å². The molecule has 2 unspecified atom stereocenters. The molecule has 0 radical (unpaired) electrons. The van der Waals surface area contributed by atoms with Gasteiger partial charge in [0, 0.05) is 24.0 Å². The standard InChI is InChI=1S/C9H12N2O4/c10-8(14)3-7(13)9(15)5-4-11-2-1-6(5)12/h1-2,4,7,9,13,15H,3H2,(H2,10,14)(H,11,12). The fourth-order valence-corrected chi connectivity index (χ4v) is 1.19. The second-order valence-electron chi connectivity index (χ2n) is 3.15. The van der Waals surface area contributed by atoms with Gasteiger partial charge in [-0.05, 0) is 0 Å². The molecule has 0 fully saturated rings. The molecule has 0 aliphatic rings. The monoisotopic (exact) mass is 212 g/mol. The Bertz CT molecular complexity index is 401. The molecular weight excluding hydrogens is 200 g/mol. The van der Waals surface area contributed by atoms with Crippen molar-refractivity contribution in [1.82, 2.24) is 4.98 Å². The summed E-state index contributed by atoms with van der Waals surface area (Å²) in [6.07, 6.45) is -0.500. The molecule has 6 nitrogen and oxygen atoms in total. The van der Waals surface area contributed by atoms with Crippen LogP contribution >= 0.6 is 0 Å². The number of H-pyrrole nitrogens is 1. The smallest absolute Gasteiger partial charge is 0.220 e. The zero-order valence-electron chi connectivity index (χ0n) is 7.88. The number of nitrogens with two attached hydrogens (primary N) is 1. The summed E-state index contributed by atoms with van der Waals surface area (Å²) in [5.41, 5.74) is 4.44. The molecule has 1 heterocycles. The summed E-state index contributed by atoms with van der Waals surface area (Å²) in [7, 11) is 0. The third-order valence-corrected chi connectivity index (χ3v) is 1.95. The molecule has 6 heteroatoms. The third-order valence-electron chi connectivity index (χ3n) is 1.95. The van der Waals surface area contributed by atoms with Crippen molar-refractivity contribution in [2.24, 2.45) is 5.73 Å². The molecule has 0 bridgehead atoms. The van der Waals surface area contributed by atoms with E-state index < -0.39 is 30.0 Å². The predicted octanol–water partition coefficient (Wildman–Crippen LogP) is -1.36. The van der Waals surface area contributed by atoms with Gasteiger partial charge in [0.05, 0.1) is 12.5 Å². The average molecular weight is 212 g/mol. The van der Waals surface area contributed by atoms with Crippen molar-refractivity contribution in [2.45, 2.75) is 18.6 Å². The van der Waals surface area contributed by atoms with Gasteiger partial charge in [-0.2, -0.15) is 0 Å². The Morgan fingerprint density at radius 1 is 1.53 bits per heavy atom. The van der Waals surface area contributed by atoms with Gasteiger partial charge in [0.2, 0.25) is 5.91 Å². The van der Waals surface area contributed by atoms with Crippen molar-refractivity contribution < 1.29 is 15.0 Å². The van der Waals surface area contributed by atoms with Crippen LogP contribution in [-0.4, -0.2) is 27.2 Å². The van der Waals surface area contributed by atoms with Crippen LogP contribution in [0.25, 0.3) is 0 Å². The quantitative estimate of drug-likeness (QED) is 0.493. The molecule has 2 atom stereocenters. The van der Waals surface area contributed by atoms with Gasteiger partial charge in [-0.3, -0.25) is 9.59 Å². The molecule has 0 saturated carbocycles. The van der Waals surface area contributed by atoms with Crippen LogP contribution in [0.5, 0.6) is 0 Å². The number of primary amides is 1. The molecule has 1 aromatic heterocycles. The second-order valence-corrected chi connectivity index (χ2v) is 3.15. The summed E-state index contributed by atoms with van der Waals surface area (Å²) in [6, 6.07) is 1.22. The number of carbonyl (C=O) groups excluding carboxylic acids is 1. The molecular formula is C9H12N2O4. The van der Waals surface area contributed by atoms with Crippen molar-refractivity contribution in [3.8, 4) is 0 Å². The maximum atomic E-state index is 11.2. The number of hydrogen-bond donors (Lipinski definition) is 4. The number of aliphatic hydroxyl groups excluding tert-OH is 2. The Hall–Kier alpha value is -1.66. The maximum Gasteiger partial charge on any atom is 0.220 e. The maximum absolute atomic E-state index is 11.2. The average Bonchev–Trinajstić information content (AvgIpc) is 2.16. The first-order valence-electron chi connectivity index (χ1n) is 4.34. The van der Waals surface area contributed by atoms with Gasteiger partial charge in [-0.25, -0.2) is 0 Å². The lowest BCUT2D eigenvalue weighted by atomic mass is 10.0. The zero-order chi connectivity index (χ0) is 11.4. The van der Waals surface area contributed by atoms with Gasteiger partial charge >= 0.3 is 0 Å². The largest absolute Gasteiger partial charge is 0.390 e. The molecule has 0 aromatic carbocycles. The van der Waals surface area contributed by atoms with Gasteiger partial charge in [0.25, 0.3) is 0 Å². The van der Waals surface area contributed by atoms with Crippen LogP contribution in [0, 0.1) is 0 Å². The van der Waals surface area contributed by atoms with Gasteiger partial charge in [0.15, 0.2) is 5.43 Å². The number of pyridine rings is 1. The van der Waals surface area contributed by atoms with E-state index >= 15 is 0 Å². The van der Waals surface area contributed by atoms with Crippen LogP contribution < -0.4 is 11.2 Å². The Kier molecular flexibility index (Phi) is 3.59. The molecule has 0 aliphatic carbocycles. The second kappa shape index (κ2) is 4.72. The van der Waals surface area contributed by atoms with Crippen LogP contribution in [0.4, 0.5) is 0 Å². The molecule has 1 rings (SSSR count). The number of rotatable bonds is 4. The van der Waals surface area contributed by atoms with E-state index in [1.807, 2.05) is 0 Å². The fourth-order valence-electron chi connectivity index (χ4n) is 1.19. The lowest BCUT2D eigenvalue weighted by Gasteiger charge is -2.15. The van der Waals surface area contributed by atoms with Crippen LogP contribution in [0.15, 0.2) is 23.3 Å². The summed E-state index contributed by atoms with van der Waals surface area (Å²) < 4.78 is 0. The van der Waals surface area contributed by atoms with Gasteiger partial charge in [-0.15, -0.1) is 0 Å². The minimum absolute atomic E-state index is 0.00579. The van der Waals surface area contributed by atoms with Crippen molar-refractivity contribution >= 4 is 5.91 Å². The van der Waals surface area contributed by atoms with Crippen molar-refractivity contribution in [3.05, 3.63) is 34.2 Å². The number of aromatic amines is 1. The highest BCUT2D eigenvalue weighted by Crippen LogP contribution is 2.14. The first-order valence-corrected chi connectivity index (χ1v) is 4.34. The van der Waals surface area contributed by atoms with E-state index in [2.05, 4.69) is 4.98 Å². The van der Waals surface area contributed by atoms with E-state index in [9.17, 15) is 19.8 Å². The number of aromatic nitrogens is 1. The summed E-state index contributed by atoms with van der Waals surface area (Å²) in [6.45, 7) is 0. The predicted molar refractivity (Wildman–Crippen MR) is 51.8 cm³/mol. The highest BCUT2D eigenvalue weighted by atomic mass is 16.3. The Labute approximate surface area is 85.4 Å². The van der Waals surface area contributed by atoms with Crippen molar-refractivity contribution in [3.63, 3.8) is 0 Å². The molecule has 82 valence electrons. The Morgan fingerprint density at radius 3 is 2.73 bits per heavy atom. The SMILES string of the molecule is NC(=O)CC(O)C(O)c1c[nH]ccc1=O. The lowest BCUT2D eigenvalue weighted by Crippen LogP contribution is -2.28. The topological polar surface area (TPSA) is 116 Å². The summed E-state index contributed by atoms with van der Waals surface area (Å²) in [5, 5.41) is 18.9. The number of carbonyl (C=O) groups is 1. The van der Waals surface area contributed by atoms with Gasteiger partial charge in [-0.1, -0.05) is 0 Å². The van der Waals surface area contributed by atoms with E-state index in [-0.39, 0.29) is 5.56 Å². The van der Waals surface area contributed by atoms with E-state index in [1.165, 1.54) is 18.5 Å². The number of amides is 1. The highest BCUT2D eigenvalue weighted by Gasteiger charge is 2.22. The highest BCUT2D eigenvalue weighted by molar-refractivity contribution is 5.74. The van der Waals surface area contributed by atoms with Crippen LogP contribution in [0.1, 0.15) is 18.1 Å². The molecule has 1 amide bonds. The fraction of sp³-hybridized carbons (Fsp3) is 0.333. The van der Waals surface area contributed by atoms with Crippen molar-refractivity contribution in [1.29, 1.82) is 0 Å². The van der Waals surface area contributed by atoms with E-state index in [0.29, 0.717) is 0 Å². The van der Waals surface area contributed by atoms with E-state index in [1.54, 1.807) is 0 Å². The number of hydrogen-bond acceptors (Lipinski definition) is 4. The zero-order valence-corrected chi connectivity index (χ0v) is 7.88. The minimum atomic E-state index is -1.41. The van der Waals surface area contributed by atoms with Gasteiger partial charge < -0.3 is 20.9 Å². The number of nitrogens with one attached hydrogen (secondary N) is 1. The first kappa shape index (κ1) is 11.4. The molecule has 5 N–H and O–H groups in total. The molecule has 1 aromatic rings. The Balaban J connectivity index is 2.85. The Morgan fingerprint density at radius 2 is 2.20 bits per heavy atom. The van der Waals surface area contributed by atoms with E-state index in [0.717, 1.165) is 0 Å². The molecule has 0 spiro atoms. The minimum Gasteiger partial charge on any atom is -0.390 e. The number of aliphatic hydroxyl groups is 2. The van der Waals surface area contributed by atoms with Gasteiger partial charge in [0.1, 0.15) is 6.10 Å². The molecule has 0 aliphatic heterocycles. The van der Waals surface area contributed by atoms with Crippen LogP contribution in [0.3, 0.4) is 0 Å². The van der Waals surface area contributed by atoms with Crippen LogP contribution in [-0.2, 0) is 4.79 Å². The summed E-state index contributed by atoms with van der Waals surface area (Å²) in [5.74, 6) is -0.742. The third kappa shape index (κ3) is 2.90. The summed E-state index contributed by atoms with van der Waals surface area (Å²) in [4.78, 5) is 24.3. The molecule has 0 saturated heterocycles. The lowest BCUT2D eigenvalue weighted by molar-refractivity contribution is -0.121. The van der Waals surface area contributed by atoms with Crippen molar-refractivity contribution in [2.75, 3.05) is 0 Å². The van der Waals surface area contributed by atoms with Crippen LogP contribution in [0.2, 0.25) is 0 Å². The normalized spacial score (nSPS) is 14.5. The first-order chi connectivity index (χ1) is 7.02. The summed E-state index contributed by atoms with van der Waals surface area (Å²) >= 11 is 0.